The number of ether oxygens (including phenoxy) is 1. The van der Waals surface area contributed by atoms with Gasteiger partial charge in [0.1, 0.15) is 10.7 Å². The van der Waals surface area contributed by atoms with Crippen molar-refractivity contribution in [3.05, 3.63) is 53.5 Å². The van der Waals surface area contributed by atoms with Gasteiger partial charge in [-0.05, 0) is 36.8 Å². The smallest absolute Gasteiger partial charge is 0.356 e. The van der Waals surface area contributed by atoms with Crippen LogP contribution in [0.2, 0.25) is 0 Å². The Bertz CT molecular complexity index is 691. The highest BCUT2D eigenvalue weighted by atomic mass is 32.2. The van der Waals surface area contributed by atoms with Gasteiger partial charge in [0, 0.05) is 18.1 Å². The third-order valence-corrected chi connectivity index (χ3v) is 3.76. The number of aromatic carboxylic acids is 1. The Morgan fingerprint density at radius 1 is 1.27 bits per heavy atom. The largest absolute Gasteiger partial charge is 0.478 e. The first-order chi connectivity index (χ1) is 10.6. The molecule has 0 radical (unpaired) electrons. The van der Waals surface area contributed by atoms with Crippen molar-refractivity contribution in [2.75, 3.05) is 6.61 Å². The van der Waals surface area contributed by atoms with E-state index in [1.54, 1.807) is 31.3 Å². The number of hydrogen-bond acceptors (Lipinski definition) is 6. The van der Waals surface area contributed by atoms with Gasteiger partial charge < -0.3 is 9.84 Å². The summed E-state index contributed by atoms with van der Waals surface area (Å²) in [5, 5.41) is 9.55. The van der Waals surface area contributed by atoms with Crippen molar-refractivity contribution in [3.8, 4) is 0 Å². The summed E-state index contributed by atoms with van der Waals surface area (Å²) in [6.45, 7) is 2.02. The molecule has 22 heavy (non-hydrogen) atoms. The number of carboxylic acid groups (broad SMARTS) is 1. The van der Waals surface area contributed by atoms with E-state index in [4.69, 9.17) is 9.84 Å². The number of nitrogens with zero attached hydrogens (tertiary/aromatic N) is 2. The van der Waals surface area contributed by atoms with Gasteiger partial charge in [-0.1, -0.05) is 0 Å². The van der Waals surface area contributed by atoms with Crippen LogP contribution in [0.15, 0.2) is 41.7 Å². The molecular formula is C15H14N2O4S. The van der Waals surface area contributed by atoms with Gasteiger partial charge in [-0.2, -0.15) is 0 Å². The number of carbonyl (C=O) groups is 2. The summed E-state index contributed by atoms with van der Waals surface area (Å²) in [5.41, 5.74) is 1.23. The van der Waals surface area contributed by atoms with E-state index in [1.165, 1.54) is 24.0 Å². The Balaban J connectivity index is 2.11. The Hall–Kier alpha value is -2.41. The zero-order chi connectivity index (χ0) is 15.9. The quantitative estimate of drug-likeness (QED) is 0.647. The van der Waals surface area contributed by atoms with E-state index in [2.05, 4.69) is 9.97 Å². The van der Waals surface area contributed by atoms with E-state index in [1.807, 2.05) is 0 Å². The van der Waals surface area contributed by atoms with Crippen LogP contribution in [0.25, 0.3) is 0 Å². The van der Waals surface area contributed by atoms with E-state index in [0.29, 0.717) is 10.8 Å². The number of pyridine rings is 2. The average Bonchev–Trinajstić information content (AvgIpc) is 2.53. The first-order valence-corrected chi connectivity index (χ1v) is 7.53. The Morgan fingerprint density at radius 3 is 2.82 bits per heavy atom. The lowest BCUT2D eigenvalue weighted by Crippen LogP contribution is -2.07. The van der Waals surface area contributed by atoms with Crippen molar-refractivity contribution in [3.63, 3.8) is 0 Å². The van der Waals surface area contributed by atoms with E-state index >= 15 is 0 Å². The summed E-state index contributed by atoms with van der Waals surface area (Å²) < 4.78 is 4.90. The SMILES string of the molecule is CCOC(=O)c1cc(CSc2ncccc2C(=O)O)ccn1. The van der Waals surface area contributed by atoms with Gasteiger partial charge in [-0.3, -0.25) is 0 Å². The van der Waals surface area contributed by atoms with E-state index in [-0.39, 0.29) is 17.9 Å². The lowest BCUT2D eigenvalue weighted by Gasteiger charge is -2.06. The summed E-state index contributed by atoms with van der Waals surface area (Å²) in [7, 11) is 0. The minimum Gasteiger partial charge on any atom is -0.478 e. The van der Waals surface area contributed by atoms with Crippen LogP contribution in [0.4, 0.5) is 0 Å². The van der Waals surface area contributed by atoms with Gasteiger partial charge in [0.15, 0.2) is 0 Å². The number of carbonyl (C=O) groups excluding carboxylic acids is 1. The second-order valence-electron chi connectivity index (χ2n) is 4.22. The molecule has 2 heterocycles. The van der Waals surface area contributed by atoms with Crippen LogP contribution in [-0.4, -0.2) is 33.6 Å². The number of thioether (sulfide) groups is 1. The van der Waals surface area contributed by atoms with Gasteiger partial charge in [-0.25, -0.2) is 19.6 Å². The topological polar surface area (TPSA) is 89.4 Å². The number of aromatic nitrogens is 2. The molecular weight excluding hydrogens is 304 g/mol. The number of carboxylic acids is 1. The molecule has 2 rings (SSSR count). The van der Waals surface area contributed by atoms with Crippen LogP contribution >= 0.6 is 11.8 Å². The molecule has 0 saturated carbocycles. The van der Waals surface area contributed by atoms with Gasteiger partial charge in [-0.15, -0.1) is 11.8 Å². The lowest BCUT2D eigenvalue weighted by molar-refractivity contribution is 0.0519. The first-order valence-electron chi connectivity index (χ1n) is 6.55. The number of rotatable bonds is 6. The molecule has 114 valence electrons. The summed E-state index contributed by atoms with van der Waals surface area (Å²) in [6.07, 6.45) is 3.07. The molecule has 0 aliphatic carbocycles. The maximum atomic E-state index is 11.6. The van der Waals surface area contributed by atoms with Crippen LogP contribution < -0.4 is 0 Å². The van der Waals surface area contributed by atoms with Gasteiger partial charge >= 0.3 is 11.9 Å². The molecule has 0 fully saturated rings. The highest BCUT2D eigenvalue weighted by molar-refractivity contribution is 7.98. The second kappa shape index (κ2) is 7.56. The Labute approximate surface area is 131 Å². The zero-order valence-electron chi connectivity index (χ0n) is 11.9. The fourth-order valence-electron chi connectivity index (χ4n) is 1.70. The van der Waals surface area contributed by atoms with Crippen molar-refractivity contribution in [1.82, 2.24) is 9.97 Å². The second-order valence-corrected chi connectivity index (χ2v) is 5.18. The standard InChI is InChI=1S/C15H14N2O4S/c1-2-21-15(20)12-8-10(5-7-16-12)9-22-13-11(14(18)19)4-3-6-17-13/h3-8H,2,9H2,1H3,(H,18,19). The van der Waals surface area contributed by atoms with Crippen molar-refractivity contribution in [2.24, 2.45) is 0 Å². The van der Waals surface area contributed by atoms with Crippen molar-refractivity contribution in [1.29, 1.82) is 0 Å². The molecule has 0 aliphatic rings. The molecule has 2 aromatic heterocycles. The normalized spacial score (nSPS) is 10.2. The maximum absolute atomic E-state index is 11.6. The minimum atomic E-state index is -1.02. The van der Waals surface area contributed by atoms with Crippen LogP contribution in [0.5, 0.6) is 0 Å². The number of esters is 1. The minimum absolute atomic E-state index is 0.159. The first kappa shape index (κ1) is 16.0. The van der Waals surface area contributed by atoms with Crippen LogP contribution in [-0.2, 0) is 10.5 Å². The zero-order valence-corrected chi connectivity index (χ0v) is 12.7. The molecule has 6 nitrogen and oxygen atoms in total. The molecule has 0 aliphatic heterocycles. The van der Waals surface area contributed by atoms with Crippen LogP contribution in [0.1, 0.15) is 33.3 Å². The highest BCUT2D eigenvalue weighted by Crippen LogP contribution is 2.24. The monoisotopic (exact) mass is 318 g/mol. The van der Waals surface area contributed by atoms with Crippen LogP contribution in [0.3, 0.4) is 0 Å². The summed E-state index contributed by atoms with van der Waals surface area (Å²) >= 11 is 1.29. The van der Waals surface area contributed by atoms with E-state index in [0.717, 1.165) is 5.56 Å². The molecule has 7 heteroatoms. The molecule has 0 aromatic carbocycles. The number of hydrogen-bond donors (Lipinski definition) is 1. The van der Waals surface area contributed by atoms with E-state index in [9.17, 15) is 9.59 Å². The predicted molar refractivity (Wildman–Crippen MR) is 81.0 cm³/mol. The molecule has 0 atom stereocenters. The molecule has 0 bridgehead atoms. The summed E-state index contributed by atoms with van der Waals surface area (Å²) in [6, 6.07) is 6.49. The summed E-state index contributed by atoms with van der Waals surface area (Å²) in [4.78, 5) is 30.8. The molecule has 0 spiro atoms. The Kier molecular flexibility index (Phi) is 5.48. The van der Waals surface area contributed by atoms with Gasteiger partial charge in [0.2, 0.25) is 0 Å². The summed E-state index contributed by atoms with van der Waals surface area (Å²) in [5.74, 6) is -1.01. The van der Waals surface area contributed by atoms with Crippen LogP contribution in [0, 0.1) is 0 Å². The predicted octanol–water partition coefficient (Wildman–Crippen LogP) is 2.64. The van der Waals surface area contributed by atoms with Crippen molar-refractivity contribution >= 4 is 23.7 Å². The molecule has 0 saturated heterocycles. The fraction of sp³-hybridized carbons (Fsp3) is 0.200. The van der Waals surface area contributed by atoms with E-state index < -0.39 is 11.9 Å². The van der Waals surface area contributed by atoms with Crippen molar-refractivity contribution in [2.45, 2.75) is 17.7 Å². The Morgan fingerprint density at radius 2 is 2.09 bits per heavy atom. The molecule has 0 unspecified atom stereocenters. The van der Waals surface area contributed by atoms with Gasteiger partial charge in [0.25, 0.3) is 0 Å². The lowest BCUT2D eigenvalue weighted by atomic mass is 10.2. The molecule has 0 amide bonds. The molecule has 1 N–H and O–H groups in total. The third-order valence-electron chi connectivity index (χ3n) is 2.69. The van der Waals surface area contributed by atoms with Gasteiger partial charge in [0.05, 0.1) is 12.2 Å². The fourth-order valence-corrected chi connectivity index (χ4v) is 2.63. The van der Waals surface area contributed by atoms with Crippen molar-refractivity contribution < 1.29 is 19.4 Å². The third kappa shape index (κ3) is 4.05. The highest BCUT2D eigenvalue weighted by Gasteiger charge is 2.12. The maximum Gasteiger partial charge on any atom is 0.356 e. The average molecular weight is 318 g/mol. The molecule has 2 aromatic rings.